The van der Waals surface area contributed by atoms with Crippen molar-refractivity contribution in [3.05, 3.63) is 94.6 Å². The van der Waals surface area contributed by atoms with Crippen molar-refractivity contribution in [3.63, 3.8) is 0 Å². The Morgan fingerprint density at radius 3 is 2.02 bits per heavy atom. The van der Waals surface area contributed by atoms with Crippen LogP contribution in [0.5, 0.6) is 5.75 Å². The Kier molecular flexibility index (Phi) is 7.73. The van der Waals surface area contributed by atoms with Crippen LogP contribution >= 0.6 is 0 Å². The van der Waals surface area contributed by atoms with Gasteiger partial charge in [-0.3, -0.25) is 14.5 Å². The van der Waals surface area contributed by atoms with Crippen molar-refractivity contribution in [3.8, 4) is 5.75 Å². The minimum absolute atomic E-state index is 0.0235. The second-order valence-corrected chi connectivity index (χ2v) is 10.9. The third kappa shape index (κ3) is 5.17. The van der Waals surface area contributed by atoms with Gasteiger partial charge in [-0.1, -0.05) is 32.9 Å². The predicted molar refractivity (Wildman–Crippen MR) is 155 cm³/mol. The molecule has 1 unspecified atom stereocenters. The van der Waals surface area contributed by atoms with Gasteiger partial charge in [-0.05, 0) is 65.6 Å². The molecule has 40 heavy (non-hydrogen) atoms. The number of benzene rings is 3. The summed E-state index contributed by atoms with van der Waals surface area (Å²) in [6.45, 7) is 6.08. The number of rotatable bonds is 6. The van der Waals surface area contributed by atoms with E-state index in [-0.39, 0.29) is 16.7 Å². The van der Waals surface area contributed by atoms with Crippen molar-refractivity contribution < 1.29 is 29.0 Å². The van der Waals surface area contributed by atoms with Crippen molar-refractivity contribution in [1.82, 2.24) is 0 Å². The van der Waals surface area contributed by atoms with E-state index >= 15 is 0 Å². The van der Waals surface area contributed by atoms with Crippen LogP contribution in [-0.2, 0) is 19.7 Å². The molecule has 1 amide bonds. The molecule has 4 rings (SSSR count). The normalized spacial score (nSPS) is 16.7. The van der Waals surface area contributed by atoms with E-state index in [4.69, 9.17) is 9.47 Å². The van der Waals surface area contributed by atoms with Gasteiger partial charge in [0.15, 0.2) is 0 Å². The molecule has 1 N–H and O–H groups in total. The van der Waals surface area contributed by atoms with Crippen LogP contribution in [0.2, 0.25) is 0 Å². The molecular weight excluding hydrogens is 508 g/mol. The lowest BCUT2D eigenvalue weighted by Gasteiger charge is -2.26. The summed E-state index contributed by atoms with van der Waals surface area (Å²) in [4.78, 5) is 42.4. The number of methoxy groups -OCH3 is 2. The highest BCUT2D eigenvalue weighted by molar-refractivity contribution is 6.51. The van der Waals surface area contributed by atoms with E-state index in [1.165, 1.54) is 24.1 Å². The van der Waals surface area contributed by atoms with Crippen LogP contribution in [-0.4, -0.2) is 51.1 Å². The molecular formula is C32H34N2O6. The smallest absolute Gasteiger partial charge is 0.337 e. The maximum atomic E-state index is 13.6. The monoisotopic (exact) mass is 542 g/mol. The molecule has 1 fully saturated rings. The summed E-state index contributed by atoms with van der Waals surface area (Å²) in [5, 5.41) is 11.6. The first-order valence-corrected chi connectivity index (χ1v) is 12.8. The zero-order valence-electron chi connectivity index (χ0n) is 23.8. The van der Waals surface area contributed by atoms with Gasteiger partial charge in [0.1, 0.15) is 11.5 Å². The lowest BCUT2D eigenvalue weighted by Crippen LogP contribution is -2.29. The number of amides is 1. The van der Waals surface area contributed by atoms with Crippen LogP contribution in [0, 0.1) is 0 Å². The van der Waals surface area contributed by atoms with E-state index in [2.05, 4.69) is 0 Å². The van der Waals surface area contributed by atoms with Gasteiger partial charge in [0.2, 0.25) is 0 Å². The number of aliphatic hydroxyl groups excluding tert-OH is 1. The first-order chi connectivity index (χ1) is 18.9. The molecule has 1 saturated heterocycles. The number of Topliss-reactive ketones (excluding diaryl/α,β-unsaturated/α-hetero) is 1. The number of carbonyl (C=O) groups excluding carboxylic acids is 3. The molecule has 0 spiro atoms. The minimum atomic E-state index is -0.902. The zero-order chi connectivity index (χ0) is 29.4. The van der Waals surface area contributed by atoms with Gasteiger partial charge in [0, 0.05) is 36.6 Å². The first kappa shape index (κ1) is 28.4. The van der Waals surface area contributed by atoms with Gasteiger partial charge in [-0.25, -0.2) is 4.79 Å². The fourth-order valence-electron chi connectivity index (χ4n) is 4.84. The van der Waals surface area contributed by atoms with Crippen molar-refractivity contribution in [1.29, 1.82) is 0 Å². The molecule has 1 atom stereocenters. The number of carbonyl (C=O) groups is 3. The van der Waals surface area contributed by atoms with E-state index in [1.807, 2.05) is 64.0 Å². The standard InChI is InChI=1S/C32H34N2O6/c1-32(2,3)24-18-21(12-17-25(24)39-6)28(35)26-27(19-8-13-22(14-9-19)33(4)5)34(30(37)29(26)36)23-15-10-20(11-16-23)31(38)40-7/h8-18,27,35H,1-7H3/b28-26-. The number of aliphatic hydroxyl groups is 1. The Labute approximate surface area is 234 Å². The molecule has 0 aliphatic carbocycles. The fraction of sp³-hybridized carbons (Fsp3) is 0.281. The average molecular weight is 543 g/mol. The lowest BCUT2D eigenvalue weighted by molar-refractivity contribution is -0.132. The van der Waals surface area contributed by atoms with Crippen LogP contribution in [0.25, 0.3) is 5.76 Å². The van der Waals surface area contributed by atoms with Gasteiger partial charge in [0.25, 0.3) is 11.7 Å². The van der Waals surface area contributed by atoms with Crippen LogP contribution in [0.1, 0.15) is 53.9 Å². The molecule has 1 aliphatic heterocycles. The van der Waals surface area contributed by atoms with Crippen LogP contribution < -0.4 is 14.5 Å². The number of ketones is 1. The fourth-order valence-corrected chi connectivity index (χ4v) is 4.84. The Hall–Kier alpha value is -4.59. The van der Waals surface area contributed by atoms with Crippen molar-refractivity contribution in [2.24, 2.45) is 0 Å². The quantitative estimate of drug-likeness (QED) is 0.191. The highest BCUT2D eigenvalue weighted by Crippen LogP contribution is 2.43. The summed E-state index contributed by atoms with van der Waals surface area (Å²) in [6, 6.07) is 18.0. The largest absolute Gasteiger partial charge is 0.507 e. The maximum Gasteiger partial charge on any atom is 0.337 e. The summed E-state index contributed by atoms with van der Waals surface area (Å²) in [6.07, 6.45) is 0. The third-order valence-electron chi connectivity index (χ3n) is 7.02. The zero-order valence-corrected chi connectivity index (χ0v) is 23.8. The number of anilines is 2. The van der Waals surface area contributed by atoms with Gasteiger partial charge >= 0.3 is 5.97 Å². The van der Waals surface area contributed by atoms with E-state index in [0.717, 1.165) is 11.3 Å². The number of hydrogen-bond acceptors (Lipinski definition) is 7. The molecule has 208 valence electrons. The van der Waals surface area contributed by atoms with Crippen molar-refractivity contribution in [2.45, 2.75) is 32.2 Å². The van der Waals surface area contributed by atoms with E-state index in [1.54, 1.807) is 37.4 Å². The predicted octanol–water partition coefficient (Wildman–Crippen LogP) is 5.47. The SMILES string of the molecule is COC(=O)c1ccc(N2C(=O)C(=O)/C(=C(\O)c3ccc(OC)c(C(C)(C)C)c3)C2c2ccc(N(C)C)cc2)cc1. The number of esters is 1. The number of ether oxygens (including phenoxy) is 2. The van der Waals surface area contributed by atoms with Gasteiger partial charge in [-0.15, -0.1) is 0 Å². The molecule has 8 nitrogen and oxygen atoms in total. The summed E-state index contributed by atoms with van der Waals surface area (Å²) in [7, 11) is 6.70. The van der Waals surface area contributed by atoms with Gasteiger partial charge in [-0.2, -0.15) is 0 Å². The lowest BCUT2D eigenvalue weighted by atomic mass is 9.84. The van der Waals surface area contributed by atoms with E-state index < -0.39 is 23.7 Å². The molecule has 0 aromatic heterocycles. The molecule has 8 heteroatoms. The second kappa shape index (κ2) is 10.9. The van der Waals surface area contributed by atoms with Gasteiger partial charge in [0.05, 0.1) is 31.4 Å². The Balaban J connectivity index is 1.93. The molecule has 0 bridgehead atoms. The molecule has 0 radical (unpaired) electrons. The topological polar surface area (TPSA) is 96.4 Å². The molecule has 0 saturated carbocycles. The Morgan fingerprint density at radius 2 is 1.50 bits per heavy atom. The number of hydrogen-bond donors (Lipinski definition) is 1. The highest BCUT2D eigenvalue weighted by atomic mass is 16.5. The highest BCUT2D eigenvalue weighted by Gasteiger charge is 2.47. The molecule has 1 heterocycles. The van der Waals surface area contributed by atoms with Crippen LogP contribution in [0.15, 0.2) is 72.3 Å². The van der Waals surface area contributed by atoms with Gasteiger partial charge < -0.3 is 19.5 Å². The van der Waals surface area contributed by atoms with E-state index in [9.17, 15) is 19.5 Å². The van der Waals surface area contributed by atoms with Crippen molar-refractivity contribution in [2.75, 3.05) is 38.1 Å². The second-order valence-electron chi connectivity index (χ2n) is 10.9. The molecule has 3 aromatic rings. The molecule has 3 aromatic carbocycles. The summed E-state index contributed by atoms with van der Waals surface area (Å²) in [5.41, 5.74) is 3.21. The Morgan fingerprint density at radius 1 is 0.900 bits per heavy atom. The third-order valence-corrected chi connectivity index (χ3v) is 7.02. The van der Waals surface area contributed by atoms with Crippen molar-refractivity contribution >= 4 is 34.8 Å². The summed E-state index contributed by atoms with van der Waals surface area (Å²) < 4.78 is 10.3. The number of nitrogens with zero attached hydrogens (tertiary/aromatic N) is 2. The first-order valence-electron chi connectivity index (χ1n) is 12.8. The summed E-state index contributed by atoms with van der Waals surface area (Å²) >= 11 is 0. The van der Waals surface area contributed by atoms with E-state index in [0.29, 0.717) is 28.1 Å². The molecule has 1 aliphatic rings. The van der Waals surface area contributed by atoms with Crippen LogP contribution in [0.3, 0.4) is 0 Å². The average Bonchev–Trinajstić information content (AvgIpc) is 3.21. The maximum absolute atomic E-state index is 13.6. The van der Waals surface area contributed by atoms with Crippen LogP contribution in [0.4, 0.5) is 11.4 Å². The minimum Gasteiger partial charge on any atom is -0.507 e. The summed E-state index contributed by atoms with van der Waals surface area (Å²) in [5.74, 6) is -1.71. The Bertz CT molecular complexity index is 1480.